The Kier molecular flexibility index (Phi) is 4.01. The fourth-order valence-electron chi connectivity index (χ4n) is 2.04. The second-order valence-electron chi connectivity index (χ2n) is 4.99. The number of rotatable bonds is 5. The lowest BCUT2D eigenvalue weighted by Crippen LogP contribution is -2.23. The van der Waals surface area contributed by atoms with Gasteiger partial charge in [0.25, 0.3) is 0 Å². The van der Waals surface area contributed by atoms with Gasteiger partial charge >= 0.3 is 0 Å². The van der Waals surface area contributed by atoms with E-state index in [9.17, 15) is 0 Å². The molecule has 0 unspecified atom stereocenters. The lowest BCUT2D eigenvalue weighted by molar-refractivity contribution is 0.529. The molecule has 0 spiro atoms. The first kappa shape index (κ1) is 12.7. The third kappa shape index (κ3) is 2.91. The summed E-state index contributed by atoms with van der Waals surface area (Å²) in [6, 6.07) is 10.1. The fraction of sp³-hybridized carbons (Fsp3) is 0.400. The van der Waals surface area contributed by atoms with Crippen LogP contribution in [0.4, 0.5) is 0 Å². The van der Waals surface area contributed by atoms with E-state index in [2.05, 4.69) is 42.1 Å². The summed E-state index contributed by atoms with van der Waals surface area (Å²) >= 11 is 0. The van der Waals surface area contributed by atoms with Gasteiger partial charge in [0.15, 0.2) is 0 Å². The Morgan fingerprint density at radius 1 is 1.33 bits per heavy atom. The van der Waals surface area contributed by atoms with Crippen LogP contribution in [0.5, 0.6) is 0 Å². The quantitative estimate of drug-likeness (QED) is 0.818. The molecule has 3 nitrogen and oxygen atoms in total. The van der Waals surface area contributed by atoms with Crippen LogP contribution < -0.4 is 5.32 Å². The summed E-state index contributed by atoms with van der Waals surface area (Å²) in [7, 11) is 0. The van der Waals surface area contributed by atoms with Gasteiger partial charge < -0.3 is 9.88 Å². The molecular weight excluding hydrogens is 222 g/mol. The van der Waals surface area contributed by atoms with Gasteiger partial charge in [-0.15, -0.1) is 0 Å². The number of nitriles is 1. The van der Waals surface area contributed by atoms with Crippen LogP contribution in [0.3, 0.4) is 0 Å². The molecule has 1 aromatic heterocycles. The Morgan fingerprint density at radius 2 is 2.17 bits per heavy atom. The third-order valence-corrected chi connectivity index (χ3v) is 2.99. The van der Waals surface area contributed by atoms with Gasteiger partial charge in [-0.2, -0.15) is 5.26 Å². The van der Waals surface area contributed by atoms with Gasteiger partial charge in [0.1, 0.15) is 0 Å². The summed E-state index contributed by atoms with van der Waals surface area (Å²) in [6.45, 7) is 7.35. The van der Waals surface area contributed by atoms with Crippen molar-refractivity contribution < 1.29 is 0 Å². The summed E-state index contributed by atoms with van der Waals surface area (Å²) in [5, 5.41) is 13.6. The Bertz CT molecular complexity index is 561. The molecule has 2 aromatic rings. The van der Waals surface area contributed by atoms with E-state index in [1.54, 1.807) is 0 Å². The standard InChI is InChI=1S/C15H19N3/c1-12(2)11-17-6-8-18-7-5-14-4-3-13(10-16)9-15(14)18/h3-5,7,9,12,17H,6,8,11H2,1-2H3. The minimum absolute atomic E-state index is 0.677. The van der Waals surface area contributed by atoms with E-state index in [4.69, 9.17) is 5.26 Å². The van der Waals surface area contributed by atoms with Gasteiger partial charge in [-0.25, -0.2) is 0 Å². The molecule has 1 N–H and O–H groups in total. The van der Waals surface area contributed by atoms with E-state index in [1.807, 2.05) is 18.2 Å². The zero-order valence-electron chi connectivity index (χ0n) is 11.0. The average Bonchev–Trinajstić information content (AvgIpc) is 2.76. The van der Waals surface area contributed by atoms with Crippen LogP contribution in [0.15, 0.2) is 30.5 Å². The minimum Gasteiger partial charge on any atom is -0.346 e. The smallest absolute Gasteiger partial charge is 0.0992 e. The SMILES string of the molecule is CC(C)CNCCn1ccc2ccc(C#N)cc21. The maximum Gasteiger partial charge on any atom is 0.0992 e. The first-order valence-electron chi connectivity index (χ1n) is 6.40. The van der Waals surface area contributed by atoms with Crippen LogP contribution in [0.2, 0.25) is 0 Å². The molecule has 1 aromatic carbocycles. The Labute approximate surface area is 108 Å². The van der Waals surface area contributed by atoms with Crippen molar-refractivity contribution in [3.63, 3.8) is 0 Å². The van der Waals surface area contributed by atoms with E-state index in [0.29, 0.717) is 5.92 Å². The van der Waals surface area contributed by atoms with Crippen molar-refractivity contribution in [3.8, 4) is 6.07 Å². The van der Waals surface area contributed by atoms with Crippen LogP contribution in [-0.2, 0) is 6.54 Å². The summed E-state index contributed by atoms with van der Waals surface area (Å²) in [5.74, 6) is 0.677. The van der Waals surface area contributed by atoms with E-state index in [-0.39, 0.29) is 0 Å². The highest BCUT2D eigenvalue weighted by atomic mass is 15.0. The molecule has 0 bridgehead atoms. The van der Waals surface area contributed by atoms with Gasteiger partial charge in [0.2, 0.25) is 0 Å². The van der Waals surface area contributed by atoms with Crippen LogP contribution in [0.25, 0.3) is 10.9 Å². The summed E-state index contributed by atoms with van der Waals surface area (Å²) in [4.78, 5) is 0. The number of benzene rings is 1. The van der Waals surface area contributed by atoms with Gasteiger partial charge in [-0.1, -0.05) is 19.9 Å². The highest BCUT2D eigenvalue weighted by molar-refractivity contribution is 5.81. The van der Waals surface area contributed by atoms with Gasteiger partial charge in [-0.3, -0.25) is 0 Å². The summed E-state index contributed by atoms with van der Waals surface area (Å²) in [6.07, 6.45) is 2.09. The Balaban J connectivity index is 2.07. The molecule has 0 fully saturated rings. The van der Waals surface area contributed by atoms with Crippen molar-refractivity contribution in [1.29, 1.82) is 5.26 Å². The van der Waals surface area contributed by atoms with Crippen molar-refractivity contribution in [2.45, 2.75) is 20.4 Å². The second kappa shape index (κ2) is 5.70. The van der Waals surface area contributed by atoms with E-state index in [1.165, 1.54) is 5.39 Å². The molecule has 3 heteroatoms. The Morgan fingerprint density at radius 3 is 2.89 bits per heavy atom. The van der Waals surface area contributed by atoms with Crippen molar-refractivity contribution in [1.82, 2.24) is 9.88 Å². The molecule has 0 radical (unpaired) electrons. The lowest BCUT2D eigenvalue weighted by Gasteiger charge is -2.09. The number of hydrogen-bond donors (Lipinski definition) is 1. The number of aromatic nitrogens is 1. The lowest BCUT2D eigenvalue weighted by atomic mass is 10.2. The van der Waals surface area contributed by atoms with Crippen LogP contribution in [0, 0.1) is 17.2 Å². The maximum absolute atomic E-state index is 8.93. The molecular formula is C15H19N3. The Hall–Kier alpha value is -1.79. The number of nitrogens with zero attached hydrogens (tertiary/aromatic N) is 2. The minimum atomic E-state index is 0.677. The highest BCUT2D eigenvalue weighted by Crippen LogP contribution is 2.17. The van der Waals surface area contributed by atoms with Crippen LogP contribution >= 0.6 is 0 Å². The molecule has 0 saturated heterocycles. The van der Waals surface area contributed by atoms with E-state index < -0.39 is 0 Å². The number of fused-ring (bicyclic) bond motifs is 1. The topological polar surface area (TPSA) is 40.8 Å². The number of hydrogen-bond acceptors (Lipinski definition) is 2. The summed E-state index contributed by atoms with van der Waals surface area (Å²) < 4.78 is 2.20. The molecule has 0 aliphatic rings. The fourth-order valence-corrected chi connectivity index (χ4v) is 2.04. The van der Waals surface area contributed by atoms with Crippen molar-refractivity contribution >= 4 is 10.9 Å². The molecule has 0 amide bonds. The average molecular weight is 241 g/mol. The first-order chi connectivity index (χ1) is 8.70. The van der Waals surface area contributed by atoms with E-state index >= 15 is 0 Å². The van der Waals surface area contributed by atoms with Gasteiger partial charge in [0, 0.05) is 24.8 Å². The summed E-state index contributed by atoms with van der Waals surface area (Å²) in [5.41, 5.74) is 1.86. The largest absolute Gasteiger partial charge is 0.346 e. The molecule has 94 valence electrons. The van der Waals surface area contributed by atoms with Gasteiger partial charge in [-0.05, 0) is 36.0 Å². The third-order valence-electron chi connectivity index (χ3n) is 2.99. The van der Waals surface area contributed by atoms with Crippen molar-refractivity contribution in [2.24, 2.45) is 5.92 Å². The molecule has 0 atom stereocenters. The first-order valence-corrected chi connectivity index (χ1v) is 6.40. The molecule has 2 rings (SSSR count). The highest BCUT2D eigenvalue weighted by Gasteiger charge is 2.02. The van der Waals surface area contributed by atoms with Crippen molar-refractivity contribution in [3.05, 3.63) is 36.0 Å². The number of nitrogens with one attached hydrogen (secondary N) is 1. The molecule has 0 saturated carbocycles. The van der Waals surface area contributed by atoms with E-state index in [0.717, 1.165) is 30.7 Å². The predicted octanol–water partition coefficient (Wildman–Crippen LogP) is 2.76. The van der Waals surface area contributed by atoms with Crippen molar-refractivity contribution in [2.75, 3.05) is 13.1 Å². The van der Waals surface area contributed by atoms with Crippen LogP contribution in [-0.4, -0.2) is 17.7 Å². The molecule has 0 aliphatic heterocycles. The van der Waals surface area contributed by atoms with Crippen LogP contribution in [0.1, 0.15) is 19.4 Å². The normalized spacial score (nSPS) is 11.0. The monoisotopic (exact) mass is 241 g/mol. The molecule has 1 heterocycles. The predicted molar refractivity (Wildman–Crippen MR) is 74.4 cm³/mol. The zero-order valence-corrected chi connectivity index (χ0v) is 11.0. The molecule has 18 heavy (non-hydrogen) atoms. The zero-order chi connectivity index (χ0) is 13.0. The molecule has 0 aliphatic carbocycles. The van der Waals surface area contributed by atoms with Gasteiger partial charge in [0.05, 0.1) is 11.6 Å². The second-order valence-corrected chi connectivity index (χ2v) is 4.99. The maximum atomic E-state index is 8.93.